The van der Waals surface area contributed by atoms with Crippen molar-refractivity contribution in [2.45, 2.75) is 45.8 Å². The van der Waals surface area contributed by atoms with Crippen molar-refractivity contribution in [2.24, 2.45) is 0 Å². The lowest BCUT2D eigenvalue weighted by Gasteiger charge is -2.22. The predicted octanol–water partition coefficient (Wildman–Crippen LogP) is 1.89. The first-order chi connectivity index (χ1) is 9.33. The molecule has 0 bridgehead atoms. The van der Waals surface area contributed by atoms with E-state index in [0.717, 1.165) is 31.0 Å². The van der Waals surface area contributed by atoms with Crippen molar-refractivity contribution in [3.05, 3.63) is 18.1 Å². The minimum atomic E-state index is -0.467. The Hall–Kier alpha value is -1.85. The summed E-state index contributed by atoms with van der Waals surface area (Å²) in [5.74, 6) is 0.851. The van der Waals surface area contributed by atoms with E-state index >= 15 is 0 Å². The minimum Gasteiger partial charge on any atom is -0.444 e. The normalized spacial score (nSPS) is 19.0. The number of aromatic nitrogens is 2. The number of amides is 1. The summed E-state index contributed by atoms with van der Waals surface area (Å²) in [5, 5.41) is 2.90. The maximum atomic E-state index is 11.7. The topological polar surface area (TPSA) is 67.4 Å². The van der Waals surface area contributed by atoms with Crippen LogP contribution in [-0.2, 0) is 4.74 Å². The molecule has 0 spiro atoms. The van der Waals surface area contributed by atoms with E-state index in [2.05, 4.69) is 20.2 Å². The highest BCUT2D eigenvalue weighted by atomic mass is 16.6. The van der Waals surface area contributed by atoms with Gasteiger partial charge in [-0.05, 0) is 34.1 Å². The molecule has 1 saturated heterocycles. The number of carbonyl (C=O) groups is 1. The molecular weight excluding hydrogens is 256 g/mol. The van der Waals surface area contributed by atoms with Crippen molar-refractivity contribution in [3.63, 3.8) is 0 Å². The van der Waals surface area contributed by atoms with Crippen molar-refractivity contribution < 1.29 is 9.53 Å². The molecule has 0 unspecified atom stereocenters. The average molecular weight is 278 g/mol. The Morgan fingerprint density at radius 3 is 2.75 bits per heavy atom. The van der Waals surface area contributed by atoms with Crippen LogP contribution in [-0.4, -0.2) is 40.8 Å². The molecule has 110 valence electrons. The van der Waals surface area contributed by atoms with Crippen LogP contribution in [0.1, 0.15) is 32.9 Å². The van der Waals surface area contributed by atoms with Gasteiger partial charge in [-0.15, -0.1) is 0 Å². The molecule has 1 fully saturated rings. The van der Waals surface area contributed by atoms with Crippen LogP contribution < -0.4 is 10.2 Å². The van der Waals surface area contributed by atoms with Gasteiger partial charge in [0.1, 0.15) is 11.4 Å². The summed E-state index contributed by atoms with van der Waals surface area (Å²) in [5.41, 5.74) is 0.432. The van der Waals surface area contributed by atoms with E-state index in [-0.39, 0.29) is 12.1 Å². The Bertz CT molecular complexity index is 467. The fourth-order valence-corrected chi connectivity index (χ4v) is 2.11. The molecule has 20 heavy (non-hydrogen) atoms. The predicted molar refractivity (Wildman–Crippen MR) is 76.8 cm³/mol. The number of nitrogens with one attached hydrogen (secondary N) is 1. The molecule has 0 aliphatic carbocycles. The van der Waals surface area contributed by atoms with E-state index in [4.69, 9.17) is 4.74 Å². The Morgan fingerprint density at radius 1 is 1.40 bits per heavy atom. The fourth-order valence-electron chi connectivity index (χ4n) is 2.11. The molecule has 1 atom stereocenters. The third kappa shape index (κ3) is 4.08. The van der Waals surface area contributed by atoms with Crippen LogP contribution in [0.25, 0.3) is 0 Å². The Kier molecular flexibility index (Phi) is 4.11. The third-order valence-corrected chi connectivity index (χ3v) is 3.00. The van der Waals surface area contributed by atoms with E-state index < -0.39 is 5.60 Å². The van der Waals surface area contributed by atoms with Gasteiger partial charge >= 0.3 is 6.09 Å². The van der Waals surface area contributed by atoms with Crippen molar-refractivity contribution in [1.29, 1.82) is 0 Å². The zero-order valence-corrected chi connectivity index (χ0v) is 12.5. The van der Waals surface area contributed by atoms with Gasteiger partial charge in [-0.2, -0.15) is 0 Å². The highest BCUT2D eigenvalue weighted by Crippen LogP contribution is 2.17. The largest absolute Gasteiger partial charge is 0.444 e. The first kappa shape index (κ1) is 14.6. The van der Waals surface area contributed by atoms with Crippen LogP contribution in [0, 0.1) is 6.92 Å². The number of hydrogen-bond donors (Lipinski definition) is 1. The molecule has 1 N–H and O–H groups in total. The summed E-state index contributed by atoms with van der Waals surface area (Å²) < 4.78 is 5.26. The maximum absolute atomic E-state index is 11.7. The number of anilines is 1. The fraction of sp³-hybridized carbons (Fsp3) is 0.643. The van der Waals surface area contributed by atoms with Crippen molar-refractivity contribution >= 4 is 11.9 Å². The van der Waals surface area contributed by atoms with Crippen LogP contribution in [0.3, 0.4) is 0 Å². The third-order valence-electron chi connectivity index (χ3n) is 3.00. The summed E-state index contributed by atoms with van der Waals surface area (Å²) in [4.78, 5) is 22.4. The molecule has 1 aromatic rings. The Labute approximate surface area is 119 Å². The zero-order valence-electron chi connectivity index (χ0n) is 12.5. The van der Waals surface area contributed by atoms with Crippen LogP contribution in [0.2, 0.25) is 0 Å². The summed E-state index contributed by atoms with van der Waals surface area (Å²) in [6.45, 7) is 9.07. The van der Waals surface area contributed by atoms with Gasteiger partial charge in [-0.25, -0.2) is 9.78 Å². The summed E-state index contributed by atoms with van der Waals surface area (Å²) in [6, 6.07) is 0.0907. The molecule has 2 heterocycles. The van der Waals surface area contributed by atoms with Crippen molar-refractivity contribution in [2.75, 3.05) is 18.0 Å². The van der Waals surface area contributed by atoms with Crippen LogP contribution >= 0.6 is 0 Å². The molecule has 1 aliphatic heterocycles. The number of ether oxygens (including phenoxy) is 1. The highest BCUT2D eigenvalue weighted by Gasteiger charge is 2.26. The van der Waals surface area contributed by atoms with E-state index in [1.165, 1.54) is 0 Å². The average Bonchev–Trinajstić information content (AvgIpc) is 2.75. The standard InChI is InChI=1S/C14H22N4O2/c1-10-7-16-12(8-15-10)18-6-5-11(9-18)17-13(19)20-14(2,3)4/h7-8,11H,5-6,9H2,1-4H3,(H,17,19)/t11-/m1/s1. The monoisotopic (exact) mass is 278 g/mol. The van der Waals surface area contributed by atoms with Gasteiger partial charge in [0.05, 0.1) is 24.1 Å². The number of carbonyl (C=O) groups excluding carboxylic acids is 1. The summed E-state index contributed by atoms with van der Waals surface area (Å²) >= 11 is 0. The number of nitrogens with zero attached hydrogens (tertiary/aromatic N) is 3. The second-order valence-corrected chi connectivity index (χ2v) is 6.09. The summed E-state index contributed by atoms with van der Waals surface area (Å²) in [7, 11) is 0. The van der Waals surface area contributed by atoms with E-state index in [1.807, 2.05) is 27.7 Å². The number of hydrogen-bond acceptors (Lipinski definition) is 5. The molecule has 1 aromatic heterocycles. The molecule has 6 nitrogen and oxygen atoms in total. The van der Waals surface area contributed by atoms with Gasteiger partial charge in [0, 0.05) is 13.1 Å². The van der Waals surface area contributed by atoms with E-state index in [1.54, 1.807) is 12.4 Å². The van der Waals surface area contributed by atoms with Crippen molar-refractivity contribution in [3.8, 4) is 0 Å². The minimum absolute atomic E-state index is 0.0907. The molecule has 0 saturated carbocycles. The number of alkyl carbamates (subject to hydrolysis) is 1. The lowest BCUT2D eigenvalue weighted by Crippen LogP contribution is -2.40. The van der Waals surface area contributed by atoms with Gasteiger partial charge in [0.15, 0.2) is 0 Å². The maximum Gasteiger partial charge on any atom is 0.407 e. The Balaban J connectivity index is 1.86. The molecule has 0 radical (unpaired) electrons. The SMILES string of the molecule is Cc1cnc(N2CC[C@@H](NC(=O)OC(C)(C)C)C2)cn1. The summed E-state index contributed by atoms with van der Waals surface area (Å²) in [6.07, 6.45) is 4.04. The van der Waals surface area contributed by atoms with Crippen molar-refractivity contribution in [1.82, 2.24) is 15.3 Å². The van der Waals surface area contributed by atoms with Crippen LogP contribution in [0.4, 0.5) is 10.6 Å². The van der Waals surface area contributed by atoms with E-state index in [0.29, 0.717) is 0 Å². The molecule has 1 aliphatic rings. The van der Waals surface area contributed by atoms with E-state index in [9.17, 15) is 4.79 Å². The van der Waals surface area contributed by atoms with Gasteiger partial charge in [0.25, 0.3) is 0 Å². The first-order valence-corrected chi connectivity index (χ1v) is 6.86. The van der Waals surface area contributed by atoms with Crippen LogP contribution in [0.5, 0.6) is 0 Å². The zero-order chi connectivity index (χ0) is 14.8. The molecule has 2 rings (SSSR count). The first-order valence-electron chi connectivity index (χ1n) is 6.86. The second kappa shape index (κ2) is 5.64. The molecule has 1 amide bonds. The van der Waals surface area contributed by atoms with Gasteiger partial charge < -0.3 is 15.0 Å². The highest BCUT2D eigenvalue weighted by molar-refractivity contribution is 5.68. The molecular formula is C14H22N4O2. The van der Waals surface area contributed by atoms with Gasteiger partial charge in [-0.1, -0.05) is 0 Å². The Morgan fingerprint density at radius 2 is 2.15 bits per heavy atom. The number of aryl methyl sites for hydroxylation is 1. The van der Waals surface area contributed by atoms with Gasteiger partial charge in [0.2, 0.25) is 0 Å². The molecule has 6 heteroatoms. The second-order valence-electron chi connectivity index (χ2n) is 6.09. The number of rotatable bonds is 2. The van der Waals surface area contributed by atoms with Gasteiger partial charge in [-0.3, -0.25) is 4.98 Å². The molecule has 0 aromatic carbocycles. The smallest absolute Gasteiger partial charge is 0.407 e. The lowest BCUT2D eigenvalue weighted by atomic mass is 10.2. The quantitative estimate of drug-likeness (QED) is 0.894. The lowest BCUT2D eigenvalue weighted by molar-refractivity contribution is 0.0509. The van der Waals surface area contributed by atoms with Crippen LogP contribution in [0.15, 0.2) is 12.4 Å².